The number of carbonyl (C=O) groups is 3. The first kappa shape index (κ1) is 25.7. The lowest BCUT2D eigenvalue weighted by Gasteiger charge is -2.35. The van der Waals surface area contributed by atoms with Crippen molar-refractivity contribution >= 4 is 33.5 Å². The van der Waals surface area contributed by atoms with Crippen LogP contribution in [0.5, 0.6) is 0 Å². The van der Waals surface area contributed by atoms with Gasteiger partial charge in [0.2, 0.25) is 21.8 Å². The molecule has 2 aromatic carbocycles. The van der Waals surface area contributed by atoms with Crippen LogP contribution >= 0.6 is 0 Å². The van der Waals surface area contributed by atoms with Crippen molar-refractivity contribution in [1.82, 2.24) is 14.9 Å². The van der Waals surface area contributed by atoms with Crippen LogP contribution in [0, 0.1) is 18.3 Å². The molecule has 0 spiro atoms. The number of hydrogen-bond donors (Lipinski definition) is 3. The van der Waals surface area contributed by atoms with E-state index in [2.05, 4.69) is 10.0 Å². The van der Waals surface area contributed by atoms with Gasteiger partial charge in [-0.2, -0.15) is 9.98 Å². The largest absolute Gasteiger partial charge is 0.480 e. The molecule has 1 fully saturated rings. The molecule has 0 aliphatic carbocycles. The van der Waals surface area contributed by atoms with Crippen LogP contribution in [0.25, 0.3) is 0 Å². The number of carbonyl (C=O) groups excluding carboxylic acids is 2. The average molecular weight is 500 g/mol. The van der Waals surface area contributed by atoms with E-state index in [0.29, 0.717) is 12.1 Å². The highest BCUT2D eigenvalue weighted by Crippen LogP contribution is 2.17. The van der Waals surface area contributed by atoms with Crippen molar-refractivity contribution in [2.24, 2.45) is 0 Å². The summed E-state index contributed by atoms with van der Waals surface area (Å²) in [4.78, 5) is 39.5. The monoisotopic (exact) mass is 499 g/mol. The molecule has 3 N–H and O–H groups in total. The van der Waals surface area contributed by atoms with E-state index in [1.54, 1.807) is 43.3 Å². The van der Waals surface area contributed by atoms with E-state index in [1.807, 2.05) is 11.0 Å². The number of benzene rings is 2. The molecule has 0 saturated carbocycles. The fraction of sp³-hybridized carbons (Fsp3) is 0.304. The molecule has 1 atom stereocenters. The zero-order valence-electron chi connectivity index (χ0n) is 19.0. The minimum atomic E-state index is -4.11. The Balaban J connectivity index is 1.52. The van der Waals surface area contributed by atoms with E-state index in [4.69, 9.17) is 5.26 Å². The van der Waals surface area contributed by atoms with Gasteiger partial charge in [-0.05, 0) is 43.3 Å². The lowest BCUT2D eigenvalue weighted by atomic mass is 10.2. The first-order valence-corrected chi connectivity index (χ1v) is 12.2. The number of anilines is 1. The van der Waals surface area contributed by atoms with Crippen molar-refractivity contribution in [2.45, 2.75) is 17.9 Å². The number of aryl methyl sites for hydroxylation is 1. The van der Waals surface area contributed by atoms with Crippen LogP contribution < -0.4 is 14.9 Å². The van der Waals surface area contributed by atoms with Crippen molar-refractivity contribution in [1.29, 1.82) is 5.26 Å². The molecule has 1 saturated heterocycles. The standard InChI is InChI=1S/C23H25N5O6S/c1-16-2-8-19(9-3-16)35(33,34)26-20(23(31)32)13-25-21(29)14-28-11-10-27(15-22(28)30)18-6-4-17(12-24)5-7-18/h2-9,20,26H,10-11,13-15H2,1H3,(H,25,29)(H,31,32). The maximum atomic E-state index is 12.5. The summed E-state index contributed by atoms with van der Waals surface area (Å²) in [6.07, 6.45) is 0. The minimum absolute atomic E-state index is 0.0489. The van der Waals surface area contributed by atoms with Crippen molar-refractivity contribution in [3.8, 4) is 6.07 Å². The first-order chi connectivity index (χ1) is 16.6. The number of nitrogens with zero attached hydrogens (tertiary/aromatic N) is 3. The number of rotatable bonds is 9. The predicted molar refractivity (Wildman–Crippen MR) is 126 cm³/mol. The second-order valence-electron chi connectivity index (χ2n) is 8.02. The molecule has 184 valence electrons. The number of hydrogen-bond acceptors (Lipinski definition) is 7. The van der Waals surface area contributed by atoms with Crippen molar-refractivity contribution in [3.63, 3.8) is 0 Å². The number of sulfonamides is 1. The highest BCUT2D eigenvalue weighted by atomic mass is 32.2. The molecule has 0 radical (unpaired) electrons. The quantitative estimate of drug-likeness (QED) is 0.437. The normalized spacial score (nSPS) is 14.8. The zero-order chi connectivity index (χ0) is 25.6. The third-order valence-electron chi connectivity index (χ3n) is 5.44. The van der Waals surface area contributed by atoms with Crippen LogP contribution in [-0.4, -0.2) is 75.0 Å². The maximum Gasteiger partial charge on any atom is 0.323 e. The lowest BCUT2D eigenvalue weighted by Crippen LogP contribution is -2.54. The number of carboxylic acid groups (broad SMARTS) is 1. The number of nitriles is 1. The molecule has 1 heterocycles. The fourth-order valence-corrected chi connectivity index (χ4v) is 4.63. The van der Waals surface area contributed by atoms with Crippen molar-refractivity contribution < 1.29 is 27.9 Å². The smallest absolute Gasteiger partial charge is 0.323 e. The maximum absolute atomic E-state index is 12.5. The number of aliphatic carboxylic acids is 1. The Morgan fingerprint density at radius 2 is 1.77 bits per heavy atom. The zero-order valence-corrected chi connectivity index (χ0v) is 19.8. The van der Waals surface area contributed by atoms with Gasteiger partial charge in [0.15, 0.2) is 0 Å². The molecule has 0 bridgehead atoms. The van der Waals surface area contributed by atoms with Gasteiger partial charge >= 0.3 is 5.97 Å². The van der Waals surface area contributed by atoms with E-state index in [-0.39, 0.29) is 30.4 Å². The molecular weight excluding hydrogens is 474 g/mol. The molecule has 0 aromatic heterocycles. The number of piperazine rings is 1. The summed E-state index contributed by atoms with van der Waals surface area (Å²) in [6.45, 7) is 1.81. The molecule has 1 aliphatic rings. The van der Waals surface area contributed by atoms with E-state index in [0.717, 1.165) is 11.3 Å². The third kappa shape index (κ3) is 6.78. The molecule has 1 aliphatic heterocycles. The molecular formula is C23H25N5O6S. The van der Waals surface area contributed by atoms with Crippen molar-refractivity contribution in [3.05, 3.63) is 59.7 Å². The van der Waals surface area contributed by atoms with Gasteiger partial charge in [-0.3, -0.25) is 14.4 Å². The predicted octanol–water partition coefficient (Wildman–Crippen LogP) is 0.0632. The Morgan fingerprint density at radius 1 is 1.11 bits per heavy atom. The highest BCUT2D eigenvalue weighted by molar-refractivity contribution is 7.89. The molecule has 12 heteroatoms. The van der Waals surface area contributed by atoms with Crippen LogP contribution in [0.1, 0.15) is 11.1 Å². The molecule has 11 nitrogen and oxygen atoms in total. The lowest BCUT2D eigenvalue weighted by molar-refractivity contribution is -0.139. The summed E-state index contributed by atoms with van der Waals surface area (Å²) < 4.78 is 27.1. The second kappa shape index (κ2) is 11.0. The van der Waals surface area contributed by atoms with E-state index >= 15 is 0 Å². The van der Waals surface area contributed by atoms with Crippen LogP contribution in [0.2, 0.25) is 0 Å². The summed E-state index contributed by atoms with van der Waals surface area (Å²) in [7, 11) is -4.11. The topological polar surface area (TPSA) is 160 Å². The Morgan fingerprint density at radius 3 is 2.34 bits per heavy atom. The second-order valence-corrected chi connectivity index (χ2v) is 9.74. The molecule has 3 rings (SSSR count). The van der Waals surface area contributed by atoms with Gasteiger partial charge in [0.25, 0.3) is 0 Å². The van der Waals surface area contributed by atoms with Crippen molar-refractivity contribution in [2.75, 3.05) is 37.6 Å². The number of nitrogens with one attached hydrogen (secondary N) is 2. The van der Waals surface area contributed by atoms with Gasteiger partial charge in [-0.15, -0.1) is 0 Å². The Labute approximate surface area is 203 Å². The summed E-state index contributed by atoms with van der Waals surface area (Å²) in [6, 6.07) is 13.1. The third-order valence-corrected chi connectivity index (χ3v) is 6.93. The Hall–Kier alpha value is -3.95. The fourth-order valence-electron chi connectivity index (χ4n) is 3.44. The van der Waals surface area contributed by atoms with E-state index in [9.17, 15) is 27.9 Å². The summed E-state index contributed by atoms with van der Waals surface area (Å²) in [5, 5.41) is 20.7. The van der Waals surface area contributed by atoms with Gasteiger partial charge in [-0.25, -0.2) is 8.42 Å². The van der Waals surface area contributed by atoms with Gasteiger partial charge in [-0.1, -0.05) is 17.7 Å². The summed E-state index contributed by atoms with van der Waals surface area (Å²) >= 11 is 0. The summed E-state index contributed by atoms with van der Waals surface area (Å²) in [5.41, 5.74) is 2.14. The molecule has 2 aromatic rings. The number of carboxylic acids is 1. The minimum Gasteiger partial charge on any atom is -0.480 e. The van der Waals surface area contributed by atoms with Crippen LogP contribution in [-0.2, 0) is 24.4 Å². The SMILES string of the molecule is Cc1ccc(S(=O)(=O)NC(CNC(=O)CN2CCN(c3ccc(C#N)cc3)CC2=O)C(=O)O)cc1. The Bertz CT molecular complexity index is 1240. The number of amides is 2. The first-order valence-electron chi connectivity index (χ1n) is 10.7. The van der Waals surface area contributed by atoms with Gasteiger partial charge in [0.05, 0.1) is 29.6 Å². The van der Waals surface area contributed by atoms with Gasteiger partial charge < -0.3 is 20.2 Å². The van der Waals surface area contributed by atoms with Crippen LogP contribution in [0.3, 0.4) is 0 Å². The highest BCUT2D eigenvalue weighted by Gasteiger charge is 2.28. The Kier molecular flexibility index (Phi) is 8.06. The van der Waals surface area contributed by atoms with E-state index in [1.165, 1.54) is 17.0 Å². The van der Waals surface area contributed by atoms with Gasteiger partial charge in [0, 0.05) is 25.3 Å². The summed E-state index contributed by atoms with van der Waals surface area (Å²) in [5.74, 6) is -2.34. The van der Waals surface area contributed by atoms with Crippen LogP contribution in [0.4, 0.5) is 5.69 Å². The average Bonchev–Trinajstić information content (AvgIpc) is 2.83. The molecule has 2 amide bonds. The molecule has 35 heavy (non-hydrogen) atoms. The van der Waals surface area contributed by atoms with Gasteiger partial charge in [0.1, 0.15) is 6.04 Å². The van der Waals surface area contributed by atoms with Crippen LogP contribution in [0.15, 0.2) is 53.4 Å². The van der Waals surface area contributed by atoms with E-state index < -0.39 is 34.5 Å². The molecule has 1 unspecified atom stereocenters.